The standard InChI is InChI=1S/C13H23NO/c1-10(2)7-11-8-13(3,15)12-5-4-6-14(12)9-11/h7,10,12,15H,4-6,8-9H2,1-3H3/b11-7-/t12-,13+/m0/s1. The van der Waals surface area contributed by atoms with Crippen molar-refractivity contribution in [2.75, 3.05) is 13.1 Å². The third-order valence-corrected chi connectivity index (χ3v) is 3.64. The van der Waals surface area contributed by atoms with Crippen LogP contribution in [0.25, 0.3) is 0 Å². The molecule has 0 radical (unpaired) electrons. The van der Waals surface area contributed by atoms with E-state index in [0.717, 1.165) is 19.5 Å². The Balaban J connectivity index is 2.16. The van der Waals surface area contributed by atoms with Crippen molar-refractivity contribution in [2.24, 2.45) is 5.92 Å². The Morgan fingerprint density at radius 2 is 2.27 bits per heavy atom. The molecular weight excluding hydrogens is 186 g/mol. The first kappa shape index (κ1) is 11.2. The van der Waals surface area contributed by atoms with Gasteiger partial charge in [-0.05, 0) is 38.6 Å². The van der Waals surface area contributed by atoms with E-state index < -0.39 is 5.60 Å². The molecule has 0 aromatic rings. The van der Waals surface area contributed by atoms with Gasteiger partial charge in [0, 0.05) is 12.6 Å². The first-order valence-corrected chi connectivity index (χ1v) is 6.15. The van der Waals surface area contributed by atoms with E-state index in [0.29, 0.717) is 12.0 Å². The van der Waals surface area contributed by atoms with Crippen LogP contribution in [0, 0.1) is 5.92 Å². The molecule has 2 fully saturated rings. The Morgan fingerprint density at radius 1 is 1.53 bits per heavy atom. The van der Waals surface area contributed by atoms with Crippen LogP contribution in [0.4, 0.5) is 0 Å². The summed E-state index contributed by atoms with van der Waals surface area (Å²) in [6, 6.07) is 0.404. The molecule has 0 aromatic heterocycles. The van der Waals surface area contributed by atoms with Crippen LogP contribution < -0.4 is 0 Å². The lowest BCUT2D eigenvalue weighted by molar-refractivity contribution is -0.0330. The Morgan fingerprint density at radius 3 is 2.93 bits per heavy atom. The number of aliphatic hydroxyl groups is 1. The van der Waals surface area contributed by atoms with Crippen LogP contribution in [0.5, 0.6) is 0 Å². The number of fused-ring (bicyclic) bond motifs is 1. The second kappa shape index (κ2) is 3.91. The molecule has 15 heavy (non-hydrogen) atoms. The summed E-state index contributed by atoms with van der Waals surface area (Å²) < 4.78 is 0. The van der Waals surface area contributed by atoms with Crippen LogP contribution in [-0.2, 0) is 0 Å². The smallest absolute Gasteiger partial charge is 0.0811 e. The Labute approximate surface area is 93.0 Å². The van der Waals surface area contributed by atoms with Crippen molar-refractivity contribution in [1.29, 1.82) is 0 Å². The molecule has 2 atom stereocenters. The van der Waals surface area contributed by atoms with E-state index in [-0.39, 0.29) is 0 Å². The average molecular weight is 209 g/mol. The highest BCUT2D eigenvalue weighted by Crippen LogP contribution is 2.36. The second-order valence-electron chi connectivity index (χ2n) is 5.73. The van der Waals surface area contributed by atoms with Crippen LogP contribution >= 0.6 is 0 Å². The number of nitrogens with zero attached hydrogens (tertiary/aromatic N) is 1. The van der Waals surface area contributed by atoms with Crippen molar-refractivity contribution < 1.29 is 5.11 Å². The predicted molar refractivity (Wildman–Crippen MR) is 62.8 cm³/mol. The van der Waals surface area contributed by atoms with Gasteiger partial charge >= 0.3 is 0 Å². The quantitative estimate of drug-likeness (QED) is 0.669. The van der Waals surface area contributed by atoms with E-state index in [2.05, 4.69) is 24.8 Å². The van der Waals surface area contributed by atoms with Crippen LogP contribution in [0.15, 0.2) is 11.6 Å². The van der Waals surface area contributed by atoms with E-state index in [9.17, 15) is 5.11 Å². The van der Waals surface area contributed by atoms with Gasteiger partial charge in [-0.15, -0.1) is 0 Å². The maximum absolute atomic E-state index is 10.4. The molecule has 2 heterocycles. The largest absolute Gasteiger partial charge is 0.388 e. The summed E-state index contributed by atoms with van der Waals surface area (Å²) in [5.41, 5.74) is 0.920. The average Bonchev–Trinajstić information content (AvgIpc) is 2.49. The van der Waals surface area contributed by atoms with E-state index in [4.69, 9.17) is 0 Å². The summed E-state index contributed by atoms with van der Waals surface area (Å²) >= 11 is 0. The molecule has 86 valence electrons. The van der Waals surface area contributed by atoms with Gasteiger partial charge in [-0.3, -0.25) is 4.90 Å². The van der Waals surface area contributed by atoms with Crippen molar-refractivity contribution in [2.45, 2.75) is 51.7 Å². The van der Waals surface area contributed by atoms with Crippen LogP contribution in [0.2, 0.25) is 0 Å². The molecule has 2 heteroatoms. The van der Waals surface area contributed by atoms with Gasteiger partial charge in [0.15, 0.2) is 0 Å². The van der Waals surface area contributed by atoms with Crippen molar-refractivity contribution in [3.63, 3.8) is 0 Å². The third kappa shape index (κ3) is 2.26. The van der Waals surface area contributed by atoms with Crippen LogP contribution in [0.3, 0.4) is 0 Å². The lowest BCUT2D eigenvalue weighted by atomic mass is 9.83. The summed E-state index contributed by atoms with van der Waals surface area (Å²) in [4.78, 5) is 2.46. The first-order chi connectivity index (χ1) is 6.99. The minimum Gasteiger partial charge on any atom is -0.388 e. The molecule has 0 spiro atoms. The highest BCUT2D eigenvalue weighted by atomic mass is 16.3. The monoisotopic (exact) mass is 209 g/mol. The van der Waals surface area contributed by atoms with Gasteiger partial charge in [-0.25, -0.2) is 0 Å². The zero-order valence-electron chi connectivity index (χ0n) is 10.2. The van der Waals surface area contributed by atoms with Gasteiger partial charge < -0.3 is 5.11 Å². The van der Waals surface area contributed by atoms with Crippen LogP contribution in [0.1, 0.15) is 40.0 Å². The Kier molecular flexibility index (Phi) is 2.91. The van der Waals surface area contributed by atoms with Gasteiger partial charge in [-0.1, -0.05) is 25.5 Å². The fourth-order valence-electron chi connectivity index (χ4n) is 3.20. The highest BCUT2D eigenvalue weighted by Gasteiger charge is 2.43. The second-order valence-corrected chi connectivity index (χ2v) is 5.73. The first-order valence-electron chi connectivity index (χ1n) is 6.15. The SMILES string of the molecule is CC(C)/C=C1\CN2CCC[C@H]2[C@](C)(O)C1. The highest BCUT2D eigenvalue weighted by molar-refractivity contribution is 5.17. The molecule has 0 saturated carbocycles. The number of piperidine rings is 1. The molecule has 2 rings (SSSR count). The molecule has 0 aromatic carbocycles. The molecule has 0 unspecified atom stereocenters. The summed E-state index contributed by atoms with van der Waals surface area (Å²) in [6.07, 6.45) is 5.60. The summed E-state index contributed by atoms with van der Waals surface area (Å²) in [7, 11) is 0. The Bertz CT molecular complexity index is 268. The minimum absolute atomic E-state index is 0.404. The number of hydrogen-bond acceptors (Lipinski definition) is 2. The van der Waals surface area contributed by atoms with Crippen molar-refractivity contribution in [3.8, 4) is 0 Å². The number of allylic oxidation sites excluding steroid dienone is 1. The fraction of sp³-hybridized carbons (Fsp3) is 0.846. The van der Waals surface area contributed by atoms with E-state index >= 15 is 0 Å². The topological polar surface area (TPSA) is 23.5 Å². The maximum atomic E-state index is 10.4. The molecule has 0 bridgehead atoms. The van der Waals surface area contributed by atoms with E-state index in [1.165, 1.54) is 18.4 Å². The van der Waals surface area contributed by atoms with Crippen molar-refractivity contribution in [3.05, 3.63) is 11.6 Å². The van der Waals surface area contributed by atoms with Gasteiger partial charge in [0.1, 0.15) is 0 Å². The van der Waals surface area contributed by atoms with Crippen molar-refractivity contribution in [1.82, 2.24) is 4.90 Å². The molecule has 2 aliphatic rings. The number of hydrogen-bond donors (Lipinski definition) is 1. The molecule has 1 N–H and O–H groups in total. The molecule has 2 saturated heterocycles. The lowest BCUT2D eigenvalue weighted by Gasteiger charge is -2.42. The minimum atomic E-state index is -0.504. The normalized spacial score (nSPS) is 40.1. The van der Waals surface area contributed by atoms with Gasteiger partial charge in [0.2, 0.25) is 0 Å². The van der Waals surface area contributed by atoms with Gasteiger partial charge in [-0.2, -0.15) is 0 Å². The zero-order valence-corrected chi connectivity index (χ0v) is 10.2. The van der Waals surface area contributed by atoms with Gasteiger partial charge in [0.25, 0.3) is 0 Å². The van der Waals surface area contributed by atoms with Gasteiger partial charge in [0.05, 0.1) is 5.60 Å². The molecule has 2 nitrogen and oxygen atoms in total. The molecular formula is C13H23NO. The third-order valence-electron chi connectivity index (χ3n) is 3.64. The van der Waals surface area contributed by atoms with Crippen LogP contribution in [-0.4, -0.2) is 34.7 Å². The number of rotatable bonds is 1. The summed E-state index contributed by atoms with van der Waals surface area (Å²) in [5, 5.41) is 10.4. The predicted octanol–water partition coefficient (Wildman–Crippen LogP) is 2.19. The maximum Gasteiger partial charge on any atom is 0.0811 e. The molecule has 2 aliphatic heterocycles. The molecule has 0 aliphatic carbocycles. The van der Waals surface area contributed by atoms with Crippen molar-refractivity contribution >= 4 is 0 Å². The van der Waals surface area contributed by atoms with E-state index in [1.54, 1.807) is 0 Å². The summed E-state index contributed by atoms with van der Waals surface area (Å²) in [6.45, 7) is 8.66. The summed E-state index contributed by atoms with van der Waals surface area (Å²) in [5.74, 6) is 0.593. The Hall–Kier alpha value is -0.340. The fourth-order valence-corrected chi connectivity index (χ4v) is 3.20. The lowest BCUT2D eigenvalue weighted by Crippen LogP contribution is -2.52. The molecule has 0 amide bonds. The zero-order chi connectivity index (χ0) is 11.1. The van der Waals surface area contributed by atoms with E-state index in [1.807, 2.05) is 6.92 Å².